The minimum absolute atomic E-state index is 0.0799. The normalized spacial score (nSPS) is 15.2. The summed E-state index contributed by atoms with van der Waals surface area (Å²) in [6, 6.07) is 10.7. The predicted molar refractivity (Wildman–Crippen MR) is 117 cm³/mol. The van der Waals surface area contributed by atoms with Crippen LogP contribution >= 0.6 is 11.3 Å². The number of benzene rings is 1. The van der Waals surface area contributed by atoms with Crippen molar-refractivity contribution in [3.05, 3.63) is 41.8 Å². The molecule has 1 amide bonds. The van der Waals surface area contributed by atoms with Gasteiger partial charge in [-0.05, 0) is 49.8 Å². The molecule has 1 aromatic carbocycles. The first-order valence-electron chi connectivity index (χ1n) is 10.2. The molecule has 0 aliphatic carbocycles. The molecule has 7 nitrogen and oxygen atoms in total. The van der Waals surface area contributed by atoms with E-state index >= 15 is 0 Å². The number of nitrogens with zero attached hydrogens (tertiary/aromatic N) is 1. The lowest BCUT2D eigenvalue weighted by atomic mass is 10.1. The van der Waals surface area contributed by atoms with E-state index in [1.165, 1.54) is 11.3 Å². The van der Waals surface area contributed by atoms with E-state index in [2.05, 4.69) is 4.72 Å². The van der Waals surface area contributed by atoms with Gasteiger partial charge < -0.3 is 14.4 Å². The fourth-order valence-electron chi connectivity index (χ4n) is 3.35. The molecule has 9 heteroatoms. The van der Waals surface area contributed by atoms with E-state index < -0.39 is 10.0 Å². The van der Waals surface area contributed by atoms with E-state index in [0.717, 1.165) is 0 Å². The number of likely N-dealkylation sites (tertiary alicyclic amines) is 1. The number of sulfonamides is 1. The highest BCUT2D eigenvalue weighted by Crippen LogP contribution is 2.26. The number of carbonyl (C=O) groups is 1. The van der Waals surface area contributed by atoms with Crippen molar-refractivity contribution in [2.45, 2.75) is 42.9 Å². The minimum atomic E-state index is -3.47. The van der Waals surface area contributed by atoms with Gasteiger partial charge in [-0.25, -0.2) is 13.1 Å². The summed E-state index contributed by atoms with van der Waals surface area (Å²) in [5, 5.41) is 1.75. The molecule has 1 fully saturated rings. The fraction of sp³-hybridized carbons (Fsp3) is 0.476. The molecule has 0 saturated carbocycles. The summed E-state index contributed by atoms with van der Waals surface area (Å²) in [6.45, 7) is 4.05. The quantitative estimate of drug-likeness (QED) is 0.559. The summed E-state index contributed by atoms with van der Waals surface area (Å²) in [4.78, 5) is 14.3. The largest absolute Gasteiger partial charge is 0.490 e. The van der Waals surface area contributed by atoms with Crippen LogP contribution in [0.15, 0.2) is 46.0 Å². The molecule has 1 aliphatic heterocycles. The predicted octanol–water partition coefficient (Wildman–Crippen LogP) is 3.28. The molecule has 0 atom stereocenters. The molecular weight excluding hydrogens is 424 g/mol. The monoisotopic (exact) mass is 452 g/mol. The van der Waals surface area contributed by atoms with E-state index in [1.807, 2.05) is 36.1 Å². The van der Waals surface area contributed by atoms with Crippen LogP contribution in [0.1, 0.15) is 32.6 Å². The number of carbonyl (C=O) groups excluding carboxylic acids is 1. The molecule has 0 radical (unpaired) electrons. The smallest absolute Gasteiger partial charge is 0.250 e. The van der Waals surface area contributed by atoms with E-state index in [4.69, 9.17) is 9.47 Å². The van der Waals surface area contributed by atoms with Gasteiger partial charge >= 0.3 is 0 Å². The average Bonchev–Trinajstić information content (AvgIpc) is 3.29. The van der Waals surface area contributed by atoms with E-state index in [0.29, 0.717) is 67.7 Å². The first-order chi connectivity index (χ1) is 14.5. The van der Waals surface area contributed by atoms with Crippen molar-refractivity contribution in [3.8, 4) is 11.5 Å². The molecule has 0 unspecified atom stereocenters. The van der Waals surface area contributed by atoms with Crippen LogP contribution in [-0.2, 0) is 14.8 Å². The van der Waals surface area contributed by atoms with Gasteiger partial charge in [0.15, 0.2) is 11.5 Å². The number of piperidine rings is 1. The van der Waals surface area contributed by atoms with Gasteiger partial charge in [0, 0.05) is 25.6 Å². The molecule has 1 saturated heterocycles. The maximum atomic E-state index is 12.5. The third-order valence-electron chi connectivity index (χ3n) is 4.87. The Labute approximate surface area is 182 Å². The highest BCUT2D eigenvalue weighted by atomic mass is 32.2. The lowest BCUT2D eigenvalue weighted by Crippen LogP contribution is -2.46. The van der Waals surface area contributed by atoms with Gasteiger partial charge in [0.2, 0.25) is 15.9 Å². The zero-order valence-corrected chi connectivity index (χ0v) is 18.7. The van der Waals surface area contributed by atoms with Crippen molar-refractivity contribution in [2.24, 2.45) is 0 Å². The number of ether oxygens (including phenoxy) is 2. The van der Waals surface area contributed by atoms with Gasteiger partial charge in [-0.3, -0.25) is 4.79 Å². The maximum Gasteiger partial charge on any atom is 0.250 e. The third kappa shape index (κ3) is 6.20. The number of hydrogen-bond donors (Lipinski definition) is 1. The molecule has 164 valence electrons. The van der Waals surface area contributed by atoms with Crippen LogP contribution in [0, 0.1) is 0 Å². The molecule has 3 rings (SSSR count). The van der Waals surface area contributed by atoms with Gasteiger partial charge in [-0.1, -0.05) is 18.2 Å². The number of thiophene rings is 1. The highest BCUT2D eigenvalue weighted by Gasteiger charge is 2.26. The first-order valence-corrected chi connectivity index (χ1v) is 12.5. The molecule has 2 aromatic rings. The lowest BCUT2D eigenvalue weighted by Gasteiger charge is -2.32. The van der Waals surface area contributed by atoms with E-state index in [1.54, 1.807) is 17.5 Å². The molecule has 30 heavy (non-hydrogen) atoms. The second-order valence-corrected chi connectivity index (χ2v) is 9.93. The Bertz CT molecular complexity index is 907. The van der Waals surface area contributed by atoms with Crippen molar-refractivity contribution in [3.63, 3.8) is 0 Å². The van der Waals surface area contributed by atoms with Crippen LogP contribution in [0.4, 0.5) is 0 Å². The molecule has 1 N–H and O–H groups in total. The Morgan fingerprint density at radius 3 is 2.47 bits per heavy atom. The van der Waals surface area contributed by atoms with Crippen molar-refractivity contribution in [1.29, 1.82) is 0 Å². The van der Waals surface area contributed by atoms with Crippen LogP contribution < -0.4 is 14.2 Å². The maximum absolute atomic E-state index is 12.5. The van der Waals surface area contributed by atoms with Crippen LogP contribution in [0.2, 0.25) is 0 Å². The Morgan fingerprint density at radius 1 is 1.13 bits per heavy atom. The summed E-state index contributed by atoms with van der Waals surface area (Å²) in [5.74, 6) is 1.47. The van der Waals surface area contributed by atoms with Gasteiger partial charge in [-0.15, -0.1) is 11.3 Å². The minimum Gasteiger partial charge on any atom is -0.490 e. The topological polar surface area (TPSA) is 84.9 Å². The zero-order chi connectivity index (χ0) is 21.4. The van der Waals surface area contributed by atoms with Crippen LogP contribution in [0.5, 0.6) is 11.5 Å². The van der Waals surface area contributed by atoms with Crippen LogP contribution in [0.3, 0.4) is 0 Å². The number of rotatable bonds is 10. The Kier molecular flexibility index (Phi) is 8.12. The van der Waals surface area contributed by atoms with E-state index in [9.17, 15) is 13.2 Å². The standard InChI is InChI=1S/C21H28N2O5S2/c1-2-27-18-7-3-4-8-19(18)28-15-5-9-20(24)23-13-11-17(12-14-23)22-30(25,26)21-10-6-16-29-21/h3-4,6-8,10,16-17,22H,2,5,9,11-15H2,1H3. The Balaban J connectivity index is 1.37. The van der Waals surface area contributed by atoms with Crippen LogP contribution in [0.25, 0.3) is 0 Å². The first kappa shape index (κ1) is 22.6. The second-order valence-electron chi connectivity index (χ2n) is 7.04. The summed E-state index contributed by atoms with van der Waals surface area (Å²) < 4.78 is 39.0. The number of nitrogens with one attached hydrogen (secondary N) is 1. The molecule has 1 aliphatic rings. The fourth-order valence-corrected chi connectivity index (χ4v) is 5.66. The molecule has 0 spiro atoms. The number of amides is 1. The SMILES string of the molecule is CCOc1ccccc1OCCCC(=O)N1CCC(NS(=O)(=O)c2cccs2)CC1. The van der Waals surface area contributed by atoms with Gasteiger partial charge in [0.1, 0.15) is 4.21 Å². The van der Waals surface area contributed by atoms with Gasteiger partial charge in [0.25, 0.3) is 0 Å². The molecule has 1 aromatic heterocycles. The number of para-hydroxylation sites is 2. The number of hydrogen-bond acceptors (Lipinski definition) is 6. The summed E-state index contributed by atoms with van der Waals surface area (Å²) in [7, 11) is -3.47. The highest BCUT2D eigenvalue weighted by molar-refractivity contribution is 7.91. The zero-order valence-electron chi connectivity index (χ0n) is 17.1. The lowest BCUT2D eigenvalue weighted by molar-refractivity contribution is -0.132. The van der Waals surface area contributed by atoms with Crippen molar-refractivity contribution >= 4 is 27.3 Å². The molecule has 2 heterocycles. The van der Waals surface area contributed by atoms with Gasteiger partial charge in [-0.2, -0.15) is 0 Å². The van der Waals surface area contributed by atoms with Gasteiger partial charge in [0.05, 0.1) is 13.2 Å². The van der Waals surface area contributed by atoms with Crippen molar-refractivity contribution in [1.82, 2.24) is 9.62 Å². The van der Waals surface area contributed by atoms with Crippen molar-refractivity contribution in [2.75, 3.05) is 26.3 Å². The third-order valence-corrected chi connectivity index (χ3v) is 7.79. The Hall–Kier alpha value is -2.10. The summed E-state index contributed by atoms with van der Waals surface area (Å²) >= 11 is 1.20. The van der Waals surface area contributed by atoms with Crippen molar-refractivity contribution < 1.29 is 22.7 Å². The van der Waals surface area contributed by atoms with E-state index in [-0.39, 0.29) is 11.9 Å². The average molecular weight is 453 g/mol. The Morgan fingerprint density at radius 2 is 1.83 bits per heavy atom. The summed E-state index contributed by atoms with van der Waals surface area (Å²) in [6.07, 6.45) is 2.26. The summed E-state index contributed by atoms with van der Waals surface area (Å²) in [5.41, 5.74) is 0. The second kappa shape index (κ2) is 10.8. The molecular formula is C21H28N2O5S2. The molecule has 0 bridgehead atoms. The van der Waals surface area contributed by atoms with Crippen LogP contribution in [-0.4, -0.2) is 51.6 Å².